The molecule has 0 saturated heterocycles. The Bertz CT molecular complexity index is 391. The monoisotopic (exact) mass is 234 g/mol. The van der Waals surface area contributed by atoms with Crippen molar-refractivity contribution in [3.63, 3.8) is 0 Å². The molecule has 0 amide bonds. The number of benzene rings is 1. The molecule has 0 radical (unpaired) electrons. The van der Waals surface area contributed by atoms with Gasteiger partial charge in [-0.25, -0.2) is 4.99 Å². The largest absolute Gasteiger partial charge is 0.494 e. The topological polar surface area (TPSA) is 53.8 Å². The van der Waals surface area contributed by atoms with Crippen molar-refractivity contribution in [3.8, 4) is 5.75 Å². The average molecular weight is 234 g/mol. The number of alkyl halides is 3. The van der Waals surface area contributed by atoms with Crippen LogP contribution in [-0.4, -0.2) is 18.7 Å². The fourth-order valence-electron chi connectivity index (χ4n) is 1.14. The lowest BCUT2D eigenvalue weighted by Gasteiger charge is -2.12. The van der Waals surface area contributed by atoms with Gasteiger partial charge in [0, 0.05) is 0 Å². The van der Waals surface area contributed by atoms with Gasteiger partial charge in [-0.05, 0) is 12.1 Å². The summed E-state index contributed by atoms with van der Waals surface area (Å²) in [4.78, 5) is 3.43. The highest BCUT2D eigenvalue weighted by Crippen LogP contribution is 2.41. The quantitative estimate of drug-likeness (QED) is 0.479. The van der Waals surface area contributed by atoms with Crippen LogP contribution in [0.15, 0.2) is 23.2 Å². The van der Waals surface area contributed by atoms with Crippen LogP contribution in [0.2, 0.25) is 0 Å². The normalized spacial score (nSPS) is 11.8. The summed E-state index contributed by atoms with van der Waals surface area (Å²) >= 11 is 0. The predicted molar refractivity (Wildman–Crippen MR) is 51.1 cm³/mol. The summed E-state index contributed by atoms with van der Waals surface area (Å²) < 4.78 is 42.5. The van der Waals surface area contributed by atoms with Crippen LogP contribution in [0.25, 0.3) is 0 Å². The van der Waals surface area contributed by atoms with E-state index in [1.54, 1.807) is 0 Å². The highest BCUT2D eigenvalue weighted by molar-refractivity contribution is 5.67. The zero-order valence-corrected chi connectivity index (χ0v) is 8.25. The van der Waals surface area contributed by atoms with Crippen LogP contribution in [-0.2, 0) is 6.18 Å². The van der Waals surface area contributed by atoms with Gasteiger partial charge in [-0.15, -0.1) is 0 Å². The number of hydroxylamine groups is 1. The molecular weight excluding hydrogens is 225 g/mol. The third-order valence-electron chi connectivity index (χ3n) is 1.78. The molecule has 1 aromatic rings. The summed E-state index contributed by atoms with van der Waals surface area (Å²) in [6.07, 6.45) is -3.80. The number of hydrogen-bond donors (Lipinski definition) is 2. The fraction of sp³-hybridized carbons (Fsp3) is 0.222. The van der Waals surface area contributed by atoms with Gasteiger partial charge in [0.15, 0.2) is 0 Å². The highest BCUT2D eigenvalue weighted by Gasteiger charge is 2.34. The number of para-hydroxylation sites is 1. The minimum absolute atomic E-state index is 0.0266. The molecule has 0 bridgehead atoms. The SMILES string of the molecule is COc1cccc(C(F)(F)F)c1N=CNO. The first kappa shape index (κ1) is 12.3. The van der Waals surface area contributed by atoms with Crippen LogP contribution in [0.3, 0.4) is 0 Å². The van der Waals surface area contributed by atoms with Gasteiger partial charge in [-0.3, -0.25) is 10.7 Å². The van der Waals surface area contributed by atoms with Crippen molar-refractivity contribution >= 4 is 12.0 Å². The second-order valence-electron chi connectivity index (χ2n) is 2.74. The van der Waals surface area contributed by atoms with Crippen molar-refractivity contribution < 1.29 is 23.1 Å². The lowest BCUT2D eigenvalue weighted by Crippen LogP contribution is -2.07. The average Bonchev–Trinajstić information content (AvgIpc) is 2.24. The Morgan fingerprint density at radius 2 is 2.12 bits per heavy atom. The highest BCUT2D eigenvalue weighted by atomic mass is 19.4. The second-order valence-corrected chi connectivity index (χ2v) is 2.74. The first-order valence-corrected chi connectivity index (χ1v) is 4.17. The van der Waals surface area contributed by atoms with E-state index in [1.807, 2.05) is 0 Å². The summed E-state index contributed by atoms with van der Waals surface area (Å²) in [6, 6.07) is 3.44. The van der Waals surface area contributed by atoms with E-state index in [0.29, 0.717) is 0 Å². The number of hydrogen-bond acceptors (Lipinski definition) is 3. The van der Waals surface area contributed by atoms with Crippen molar-refractivity contribution in [2.75, 3.05) is 7.11 Å². The van der Waals surface area contributed by atoms with Gasteiger partial charge in [0.25, 0.3) is 0 Å². The predicted octanol–water partition coefficient (Wildman–Crippen LogP) is 2.35. The second kappa shape index (κ2) is 4.84. The molecule has 0 aliphatic heterocycles. The summed E-state index contributed by atoms with van der Waals surface area (Å²) in [6.45, 7) is 0. The first-order chi connectivity index (χ1) is 7.50. The Hall–Kier alpha value is -1.76. The van der Waals surface area contributed by atoms with Gasteiger partial charge in [-0.1, -0.05) is 6.07 Å². The maximum absolute atomic E-state index is 12.6. The summed E-state index contributed by atoms with van der Waals surface area (Å²) in [5.74, 6) is -0.0266. The number of ether oxygens (including phenoxy) is 1. The zero-order valence-electron chi connectivity index (χ0n) is 8.25. The van der Waals surface area contributed by atoms with Crippen molar-refractivity contribution in [2.24, 2.45) is 4.99 Å². The lowest BCUT2D eigenvalue weighted by molar-refractivity contribution is -0.137. The van der Waals surface area contributed by atoms with Crippen LogP contribution in [0.4, 0.5) is 18.9 Å². The van der Waals surface area contributed by atoms with Crippen LogP contribution >= 0.6 is 0 Å². The van der Waals surface area contributed by atoms with Gasteiger partial charge in [0.2, 0.25) is 0 Å². The van der Waals surface area contributed by atoms with Crippen LogP contribution in [0, 0.1) is 0 Å². The third kappa shape index (κ3) is 2.63. The van der Waals surface area contributed by atoms with E-state index in [-0.39, 0.29) is 11.4 Å². The van der Waals surface area contributed by atoms with E-state index in [0.717, 1.165) is 12.4 Å². The van der Waals surface area contributed by atoms with Crippen molar-refractivity contribution in [3.05, 3.63) is 23.8 Å². The van der Waals surface area contributed by atoms with Crippen molar-refractivity contribution in [1.82, 2.24) is 5.48 Å². The molecule has 4 nitrogen and oxygen atoms in total. The molecule has 0 aliphatic rings. The molecule has 0 fully saturated rings. The van der Waals surface area contributed by atoms with E-state index in [2.05, 4.69) is 4.99 Å². The molecule has 88 valence electrons. The summed E-state index contributed by atoms with van der Waals surface area (Å²) in [7, 11) is 1.24. The Morgan fingerprint density at radius 3 is 2.62 bits per heavy atom. The van der Waals surface area contributed by atoms with E-state index in [1.165, 1.54) is 24.7 Å². The number of nitrogens with one attached hydrogen (secondary N) is 1. The molecule has 0 aliphatic carbocycles. The molecule has 0 unspecified atom stereocenters. The standard InChI is InChI=1S/C9H9F3N2O2/c1-16-7-4-2-3-6(9(10,11)12)8(7)13-5-14-15/h2-5,15H,1H3,(H,13,14). The van der Waals surface area contributed by atoms with Gasteiger partial charge in [0.05, 0.1) is 12.7 Å². The Kier molecular flexibility index (Phi) is 3.73. The third-order valence-corrected chi connectivity index (χ3v) is 1.78. The molecule has 0 aromatic heterocycles. The Morgan fingerprint density at radius 1 is 1.44 bits per heavy atom. The van der Waals surface area contributed by atoms with Crippen LogP contribution in [0.1, 0.15) is 5.56 Å². The number of halogens is 3. The zero-order chi connectivity index (χ0) is 12.2. The molecule has 16 heavy (non-hydrogen) atoms. The fourth-order valence-corrected chi connectivity index (χ4v) is 1.14. The summed E-state index contributed by atoms with van der Waals surface area (Å²) in [5, 5.41) is 8.26. The molecule has 0 atom stereocenters. The Balaban J connectivity index is 3.32. The van der Waals surface area contributed by atoms with E-state index in [4.69, 9.17) is 9.94 Å². The molecule has 0 heterocycles. The van der Waals surface area contributed by atoms with Crippen LogP contribution in [0.5, 0.6) is 5.75 Å². The minimum atomic E-state index is -4.53. The van der Waals surface area contributed by atoms with Crippen LogP contribution < -0.4 is 10.2 Å². The maximum Gasteiger partial charge on any atom is 0.418 e. The number of methoxy groups -OCH3 is 1. The molecule has 0 saturated carbocycles. The molecule has 1 aromatic carbocycles. The Labute approximate surface area is 89.3 Å². The number of aliphatic imine (C=N–C) groups is 1. The lowest BCUT2D eigenvalue weighted by atomic mass is 10.1. The van der Waals surface area contributed by atoms with Gasteiger partial charge < -0.3 is 4.74 Å². The molecule has 1 rings (SSSR count). The summed E-state index contributed by atoms with van der Waals surface area (Å²) in [5.41, 5.74) is 0.210. The molecule has 2 N–H and O–H groups in total. The van der Waals surface area contributed by atoms with E-state index >= 15 is 0 Å². The number of nitrogens with zero attached hydrogens (tertiary/aromatic N) is 1. The van der Waals surface area contributed by atoms with Gasteiger partial charge in [-0.2, -0.15) is 13.2 Å². The van der Waals surface area contributed by atoms with Gasteiger partial charge >= 0.3 is 6.18 Å². The van der Waals surface area contributed by atoms with Crippen molar-refractivity contribution in [2.45, 2.75) is 6.18 Å². The first-order valence-electron chi connectivity index (χ1n) is 4.17. The van der Waals surface area contributed by atoms with Gasteiger partial charge in [0.1, 0.15) is 17.8 Å². The van der Waals surface area contributed by atoms with E-state index in [9.17, 15) is 13.2 Å². The molecule has 7 heteroatoms. The number of rotatable bonds is 3. The van der Waals surface area contributed by atoms with E-state index < -0.39 is 11.7 Å². The van der Waals surface area contributed by atoms with Crippen molar-refractivity contribution in [1.29, 1.82) is 0 Å². The minimum Gasteiger partial charge on any atom is -0.494 e. The maximum atomic E-state index is 12.6. The molecular formula is C9H9F3N2O2. The smallest absolute Gasteiger partial charge is 0.418 e. The molecule has 0 spiro atoms.